The lowest BCUT2D eigenvalue weighted by atomic mass is 10.1. The Bertz CT molecular complexity index is 139. The van der Waals surface area contributed by atoms with Crippen LogP contribution >= 0.6 is 0 Å². The number of ether oxygens (including phenoxy) is 1. The van der Waals surface area contributed by atoms with Crippen LogP contribution in [0.2, 0.25) is 0 Å². The molecule has 0 aromatic rings. The maximum absolute atomic E-state index is 9.76. The molecule has 0 saturated carbocycles. The van der Waals surface area contributed by atoms with E-state index < -0.39 is 0 Å². The van der Waals surface area contributed by atoms with Crippen molar-refractivity contribution in [3.63, 3.8) is 0 Å². The summed E-state index contributed by atoms with van der Waals surface area (Å²) < 4.78 is 5.11. The van der Waals surface area contributed by atoms with E-state index in [4.69, 9.17) is 4.74 Å². The van der Waals surface area contributed by atoms with Crippen LogP contribution in [0.25, 0.3) is 0 Å². The van der Waals surface area contributed by atoms with E-state index in [0.717, 1.165) is 19.7 Å². The van der Waals surface area contributed by atoms with Crippen LogP contribution in [0, 0.1) is 5.92 Å². The third-order valence-electron chi connectivity index (χ3n) is 2.63. The first-order chi connectivity index (χ1) is 6.52. The molecule has 0 fully saturated rings. The molecule has 0 rings (SSSR count). The standard InChI is InChI=1S/C11H25NO2/c1-6-12(10(4)8-14-5)7-11(13)9(2)3/h9-11,13H,6-8H2,1-5H3. The van der Waals surface area contributed by atoms with Crippen LogP contribution in [0.1, 0.15) is 27.7 Å². The minimum atomic E-state index is -0.241. The van der Waals surface area contributed by atoms with Crippen LogP contribution in [0.5, 0.6) is 0 Å². The van der Waals surface area contributed by atoms with Gasteiger partial charge in [-0.05, 0) is 19.4 Å². The van der Waals surface area contributed by atoms with Gasteiger partial charge in [0, 0.05) is 19.7 Å². The molecule has 3 nitrogen and oxygen atoms in total. The monoisotopic (exact) mass is 203 g/mol. The van der Waals surface area contributed by atoms with E-state index in [2.05, 4.69) is 18.7 Å². The first kappa shape index (κ1) is 13.9. The zero-order valence-corrected chi connectivity index (χ0v) is 10.2. The van der Waals surface area contributed by atoms with Gasteiger partial charge in [-0.15, -0.1) is 0 Å². The largest absolute Gasteiger partial charge is 0.392 e. The van der Waals surface area contributed by atoms with Gasteiger partial charge in [-0.3, -0.25) is 4.90 Å². The SMILES string of the molecule is CCN(CC(O)C(C)C)C(C)COC. The van der Waals surface area contributed by atoms with Crippen molar-refractivity contribution in [2.75, 3.05) is 26.8 Å². The fourth-order valence-corrected chi connectivity index (χ4v) is 1.42. The zero-order valence-electron chi connectivity index (χ0n) is 10.2. The summed E-state index contributed by atoms with van der Waals surface area (Å²) in [7, 11) is 1.71. The Hall–Kier alpha value is -0.120. The van der Waals surface area contributed by atoms with E-state index in [0.29, 0.717) is 12.0 Å². The zero-order chi connectivity index (χ0) is 11.1. The van der Waals surface area contributed by atoms with Crippen LogP contribution in [-0.4, -0.2) is 49.0 Å². The first-order valence-electron chi connectivity index (χ1n) is 5.43. The molecule has 0 aliphatic carbocycles. The second-order valence-electron chi connectivity index (χ2n) is 4.20. The van der Waals surface area contributed by atoms with Crippen molar-refractivity contribution >= 4 is 0 Å². The molecule has 0 radical (unpaired) electrons. The molecule has 3 heteroatoms. The molecule has 2 atom stereocenters. The molecule has 0 saturated heterocycles. The van der Waals surface area contributed by atoms with E-state index in [1.54, 1.807) is 7.11 Å². The van der Waals surface area contributed by atoms with E-state index in [9.17, 15) is 5.11 Å². The summed E-state index contributed by atoms with van der Waals surface area (Å²) >= 11 is 0. The average Bonchev–Trinajstić information content (AvgIpc) is 2.13. The molecular formula is C11H25NO2. The number of hydrogen-bond donors (Lipinski definition) is 1. The topological polar surface area (TPSA) is 32.7 Å². The lowest BCUT2D eigenvalue weighted by Crippen LogP contribution is -2.42. The van der Waals surface area contributed by atoms with E-state index in [-0.39, 0.29) is 6.10 Å². The second-order valence-corrected chi connectivity index (χ2v) is 4.20. The van der Waals surface area contributed by atoms with Gasteiger partial charge in [0.2, 0.25) is 0 Å². The van der Waals surface area contributed by atoms with Crippen LogP contribution in [0.4, 0.5) is 0 Å². The summed E-state index contributed by atoms with van der Waals surface area (Å²) in [6, 6.07) is 0.374. The number of hydrogen-bond acceptors (Lipinski definition) is 3. The Balaban J connectivity index is 4.00. The first-order valence-corrected chi connectivity index (χ1v) is 5.43. The highest BCUT2D eigenvalue weighted by molar-refractivity contribution is 4.71. The molecular weight excluding hydrogens is 178 g/mol. The van der Waals surface area contributed by atoms with Crippen LogP contribution in [0.3, 0.4) is 0 Å². The van der Waals surface area contributed by atoms with Gasteiger partial charge in [-0.25, -0.2) is 0 Å². The fraction of sp³-hybridized carbons (Fsp3) is 1.00. The fourth-order valence-electron chi connectivity index (χ4n) is 1.42. The molecule has 0 aromatic heterocycles. The molecule has 1 N–H and O–H groups in total. The molecule has 0 aliphatic heterocycles. The highest BCUT2D eigenvalue weighted by atomic mass is 16.5. The molecule has 0 spiro atoms. The van der Waals surface area contributed by atoms with Crippen molar-refractivity contribution < 1.29 is 9.84 Å². The van der Waals surface area contributed by atoms with Gasteiger partial charge in [0.05, 0.1) is 12.7 Å². The molecule has 0 aromatic carbocycles. The minimum absolute atomic E-state index is 0.241. The second kappa shape index (κ2) is 7.21. The third-order valence-corrected chi connectivity index (χ3v) is 2.63. The van der Waals surface area contributed by atoms with Gasteiger partial charge in [-0.2, -0.15) is 0 Å². The average molecular weight is 203 g/mol. The molecule has 0 aliphatic rings. The summed E-state index contributed by atoms with van der Waals surface area (Å²) in [4.78, 5) is 2.24. The maximum Gasteiger partial charge on any atom is 0.0690 e. The van der Waals surface area contributed by atoms with Crippen molar-refractivity contribution in [2.45, 2.75) is 39.8 Å². The Morgan fingerprint density at radius 1 is 1.29 bits per heavy atom. The van der Waals surface area contributed by atoms with Crippen LogP contribution < -0.4 is 0 Å². The number of rotatable bonds is 7. The van der Waals surface area contributed by atoms with Crippen LogP contribution in [0.15, 0.2) is 0 Å². The van der Waals surface area contributed by atoms with Gasteiger partial charge in [-0.1, -0.05) is 20.8 Å². The van der Waals surface area contributed by atoms with E-state index in [1.165, 1.54) is 0 Å². The normalized spacial score (nSPS) is 16.3. The predicted octanol–water partition coefficient (Wildman–Crippen LogP) is 1.36. The summed E-state index contributed by atoms with van der Waals surface area (Å²) in [5, 5.41) is 9.76. The number of methoxy groups -OCH3 is 1. The summed E-state index contributed by atoms with van der Waals surface area (Å²) in [5.74, 6) is 0.318. The molecule has 2 unspecified atom stereocenters. The Morgan fingerprint density at radius 2 is 1.86 bits per heavy atom. The number of aliphatic hydroxyl groups excluding tert-OH is 1. The number of nitrogens with zero attached hydrogens (tertiary/aromatic N) is 1. The van der Waals surface area contributed by atoms with Gasteiger partial charge < -0.3 is 9.84 Å². The van der Waals surface area contributed by atoms with Crippen molar-refractivity contribution in [1.82, 2.24) is 4.90 Å². The molecule has 0 bridgehead atoms. The van der Waals surface area contributed by atoms with Crippen molar-refractivity contribution in [1.29, 1.82) is 0 Å². The highest BCUT2D eigenvalue weighted by Crippen LogP contribution is 2.07. The van der Waals surface area contributed by atoms with Crippen LogP contribution in [-0.2, 0) is 4.74 Å². The van der Waals surface area contributed by atoms with Gasteiger partial charge in [0.25, 0.3) is 0 Å². The third kappa shape index (κ3) is 4.94. The van der Waals surface area contributed by atoms with E-state index in [1.807, 2.05) is 13.8 Å². The molecule has 14 heavy (non-hydrogen) atoms. The predicted molar refractivity (Wildman–Crippen MR) is 59.4 cm³/mol. The van der Waals surface area contributed by atoms with Crippen molar-refractivity contribution in [2.24, 2.45) is 5.92 Å². The Morgan fingerprint density at radius 3 is 2.21 bits per heavy atom. The van der Waals surface area contributed by atoms with Crippen molar-refractivity contribution in [3.05, 3.63) is 0 Å². The summed E-state index contributed by atoms with van der Waals surface area (Å²) in [6.45, 7) is 10.7. The van der Waals surface area contributed by atoms with E-state index >= 15 is 0 Å². The van der Waals surface area contributed by atoms with Gasteiger partial charge >= 0.3 is 0 Å². The highest BCUT2D eigenvalue weighted by Gasteiger charge is 2.17. The maximum atomic E-state index is 9.76. The molecule has 0 amide bonds. The number of likely N-dealkylation sites (N-methyl/N-ethyl adjacent to an activating group) is 1. The summed E-state index contributed by atoms with van der Waals surface area (Å²) in [5.41, 5.74) is 0. The molecule has 86 valence electrons. The molecule has 0 heterocycles. The van der Waals surface area contributed by atoms with Gasteiger partial charge in [0.1, 0.15) is 0 Å². The van der Waals surface area contributed by atoms with Crippen molar-refractivity contribution in [3.8, 4) is 0 Å². The van der Waals surface area contributed by atoms with Gasteiger partial charge in [0.15, 0.2) is 0 Å². The minimum Gasteiger partial charge on any atom is -0.392 e. The number of aliphatic hydroxyl groups is 1. The quantitative estimate of drug-likeness (QED) is 0.678. The summed E-state index contributed by atoms with van der Waals surface area (Å²) in [6.07, 6.45) is -0.241. The lowest BCUT2D eigenvalue weighted by molar-refractivity contribution is 0.0394. The Labute approximate surface area is 88.1 Å². The smallest absolute Gasteiger partial charge is 0.0690 e. The Kier molecular flexibility index (Phi) is 7.15. The lowest BCUT2D eigenvalue weighted by Gasteiger charge is -2.30.